The third kappa shape index (κ3) is 5.94. The van der Waals surface area contributed by atoms with Gasteiger partial charge in [-0.25, -0.2) is 4.79 Å². The SMILES string of the molecule is CCOC(=O)OC(/C=C/C(F)(F)F)c1ccccc1. The molecule has 0 aromatic heterocycles. The average Bonchev–Trinajstić information content (AvgIpc) is 2.35. The fourth-order valence-corrected chi connectivity index (χ4v) is 1.31. The van der Waals surface area contributed by atoms with Gasteiger partial charge in [-0.15, -0.1) is 0 Å². The first kappa shape index (κ1) is 15.1. The van der Waals surface area contributed by atoms with Crippen molar-refractivity contribution in [3.63, 3.8) is 0 Å². The Morgan fingerprint density at radius 1 is 1.32 bits per heavy atom. The van der Waals surface area contributed by atoms with Crippen LogP contribution in [0.15, 0.2) is 42.5 Å². The van der Waals surface area contributed by atoms with Crippen molar-refractivity contribution in [3.8, 4) is 0 Å². The number of rotatable bonds is 4. The van der Waals surface area contributed by atoms with Crippen LogP contribution in [0.2, 0.25) is 0 Å². The third-order valence-electron chi connectivity index (χ3n) is 2.07. The molecule has 0 aliphatic rings. The summed E-state index contributed by atoms with van der Waals surface area (Å²) < 4.78 is 45.8. The first-order valence-electron chi connectivity index (χ1n) is 5.57. The van der Waals surface area contributed by atoms with E-state index in [1.54, 1.807) is 37.3 Å². The predicted octanol–water partition coefficient (Wildman–Crippen LogP) is 4.02. The molecule has 1 rings (SSSR count). The highest BCUT2D eigenvalue weighted by Gasteiger charge is 2.24. The van der Waals surface area contributed by atoms with Crippen molar-refractivity contribution in [1.82, 2.24) is 0 Å². The van der Waals surface area contributed by atoms with Gasteiger partial charge in [-0.2, -0.15) is 13.2 Å². The molecule has 1 atom stereocenters. The molecule has 19 heavy (non-hydrogen) atoms. The molecule has 0 aliphatic heterocycles. The minimum absolute atomic E-state index is 0.0316. The summed E-state index contributed by atoms with van der Waals surface area (Å²) in [4.78, 5) is 11.2. The van der Waals surface area contributed by atoms with E-state index in [4.69, 9.17) is 4.74 Å². The van der Waals surface area contributed by atoms with Crippen molar-refractivity contribution in [3.05, 3.63) is 48.0 Å². The second kappa shape index (κ2) is 6.82. The van der Waals surface area contributed by atoms with Gasteiger partial charge in [-0.05, 0) is 18.6 Å². The minimum Gasteiger partial charge on any atom is -0.435 e. The molecule has 0 amide bonds. The van der Waals surface area contributed by atoms with Crippen molar-refractivity contribution in [2.24, 2.45) is 0 Å². The zero-order valence-electron chi connectivity index (χ0n) is 10.2. The number of carbonyl (C=O) groups is 1. The second-order valence-electron chi connectivity index (χ2n) is 3.53. The van der Waals surface area contributed by atoms with Crippen LogP contribution in [0.1, 0.15) is 18.6 Å². The number of alkyl halides is 3. The highest BCUT2D eigenvalue weighted by molar-refractivity contribution is 5.60. The standard InChI is InChI=1S/C13H13F3O3/c1-2-18-12(17)19-11(8-9-13(14,15)16)10-6-4-3-5-7-10/h3-9,11H,2H2,1H3/b9-8+. The Labute approximate surface area is 108 Å². The van der Waals surface area contributed by atoms with Gasteiger partial charge in [0.25, 0.3) is 0 Å². The van der Waals surface area contributed by atoms with E-state index in [1.807, 2.05) is 0 Å². The van der Waals surface area contributed by atoms with Crippen LogP contribution in [0.5, 0.6) is 0 Å². The lowest BCUT2D eigenvalue weighted by molar-refractivity contribution is -0.0808. The lowest BCUT2D eigenvalue weighted by Gasteiger charge is -2.14. The summed E-state index contributed by atoms with van der Waals surface area (Å²) >= 11 is 0. The molecular formula is C13H13F3O3. The van der Waals surface area contributed by atoms with E-state index in [-0.39, 0.29) is 12.7 Å². The largest absolute Gasteiger partial charge is 0.509 e. The Bertz CT molecular complexity index is 427. The van der Waals surface area contributed by atoms with Crippen LogP contribution < -0.4 is 0 Å². The zero-order valence-corrected chi connectivity index (χ0v) is 10.2. The van der Waals surface area contributed by atoms with Gasteiger partial charge < -0.3 is 9.47 Å². The number of hydrogen-bond acceptors (Lipinski definition) is 3. The smallest absolute Gasteiger partial charge is 0.435 e. The predicted molar refractivity (Wildman–Crippen MR) is 62.5 cm³/mol. The molecule has 1 aromatic carbocycles. The number of benzene rings is 1. The fourth-order valence-electron chi connectivity index (χ4n) is 1.31. The van der Waals surface area contributed by atoms with Gasteiger partial charge in [0.15, 0.2) is 0 Å². The molecule has 0 saturated carbocycles. The second-order valence-corrected chi connectivity index (χ2v) is 3.53. The summed E-state index contributed by atoms with van der Waals surface area (Å²) in [5.41, 5.74) is 0.427. The Morgan fingerprint density at radius 2 is 1.95 bits per heavy atom. The molecule has 0 fully saturated rings. The van der Waals surface area contributed by atoms with Gasteiger partial charge in [0.2, 0.25) is 0 Å². The normalized spacial score (nSPS) is 13.3. The Hall–Kier alpha value is -1.98. The van der Waals surface area contributed by atoms with Crippen molar-refractivity contribution in [2.45, 2.75) is 19.2 Å². The molecule has 0 bridgehead atoms. The molecular weight excluding hydrogens is 261 g/mol. The first-order chi connectivity index (χ1) is 8.92. The van der Waals surface area contributed by atoms with E-state index in [0.717, 1.165) is 6.08 Å². The molecule has 0 heterocycles. The number of halogens is 3. The highest BCUT2D eigenvalue weighted by atomic mass is 19.4. The maximum absolute atomic E-state index is 12.2. The monoisotopic (exact) mass is 274 g/mol. The third-order valence-corrected chi connectivity index (χ3v) is 2.07. The van der Waals surface area contributed by atoms with Crippen LogP contribution in [0, 0.1) is 0 Å². The Kier molecular flexibility index (Phi) is 5.41. The number of carbonyl (C=O) groups excluding carboxylic acids is 1. The van der Waals surface area contributed by atoms with Crippen molar-refractivity contribution in [2.75, 3.05) is 6.61 Å². The molecule has 0 spiro atoms. The van der Waals surface area contributed by atoms with Crippen LogP contribution in [0.25, 0.3) is 0 Å². The lowest BCUT2D eigenvalue weighted by atomic mass is 10.1. The summed E-state index contributed by atoms with van der Waals surface area (Å²) in [5.74, 6) is 0. The topological polar surface area (TPSA) is 35.5 Å². The van der Waals surface area contributed by atoms with Crippen LogP contribution in [0.3, 0.4) is 0 Å². The summed E-state index contributed by atoms with van der Waals surface area (Å²) in [6, 6.07) is 8.10. The molecule has 1 aromatic rings. The number of ether oxygens (including phenoxy) is 2. The molecule has 3 nitrogen and oxygen atoms in total. The van der Waals surface area contributed by atoms with Crippen molar-refractivity contribution in [1.29, 1.82) is 0 Å². The summed E-state index contributed by atoms with van der Waals surface area (Å²) in [6.45, 7) is 1.66. The quantitative estimate of drug-likeness (QED) is 0.614. The number of hydrogen-bond donors (Lipinski definition) is 0. The van der Waals surface area contributed by atoms with Gasteiger partial charge in [0.1, 0.15) is 6.10 Å². The maximum Gasteiger partial charge on any atom is 0.509 e. The average molecular weight is 274 g/mol. The van der Waals surface area contributed by atoms with Crippen LogP contribution in [-0.2, 0) is 9.47 Å². The molecule has 6 heteroatoms. The van der Waals surface area contributed by atoms with Crippen molar-refractivity contribution < 1.29 is 27.4 Å². The zero-order chi connectivity index (χ0) is 14.3. The molecule has 0 N–H and O–H groups in total. The lowest BCUT2D eigenvalue weighted by Crippen LogP contribution is -2.12. The van der Waals surface area contributed by atoms with Crippen LogP contribution in [-0.4, -0.2) is 18.9 Å². The summed E-state index contributed by atoms with van der Waals surface area (Å²) in [5, 5.41) is 0. The number of allylic oxidation sites excluding steroid dienone is 1. The van der Waals surface area contributed by atoms with E-state index in [9.17, 15) is 18.0 Å². The van der Waals surface area contributed by atoms with Gasteiger partial charge >= 0.3 is 12.3 Å². The van der Waals surface area contributed by atoms with Crippen LogP contribution >= 0.6 is 0 Å². The summed E-state index contributed by atoms with van der Waals surface area (Å²) in [7, 11) is 0. The Morgan fingerprint density at radius 3 is 2.47 bits per heavy atom. The van der Waals surface area contributed by atoms with Gasteiger partial charge in [-0.1, -0.05) is 30.3 Å². The summed E-state index contributed by atoms with van der Waals surface area (Å²) in [6.07, 6.45) is -5.81. The molecule has 0 aliphatic carbocycles. The first-order valence-corrected chi connectivity index (χ1v) is 5.57. The van der Waals surface area contributed by atoms with Gasteiger partial charge in [-0.3, -0.25) is 0 Å². The van der Waals surface area contributed by atoms with E-state index < -0.39 is 18.4 Å². The van der Waals surface area contributed by atoms with E-state index >= 15 is 0 Å². The minimum atomic E-state index is -4.47. The van der Waals surface area contributed by atoms with Gasteiger partial charge in [0, 0.05) is 6.08 Å². The maximum atomic E-state index is 12.2. The molecule has 104 valence electrons. The highest BCUT2D eigenvalue weighted by Crippen LogP contribution is 2.23. The van der Waals surface area contributed by atoms with E-state index in [2.05, 4.69) is 4.74 Å². The Balaban J connectivity index is 2.86. The van der Waals surface area contributed by atoms with Crippen LogP contribution in [0.4, 0.5) is 18.0 Å². The molecule has 1 unspecified atom stereocenters. The fraction of sp³-hybridized carbons (Fsp3) is 0.308. The van der Waals surface area contributed by atoms with Crippen molar-refractivity contribution >= 4 is 6.16 Å². The molecule has 0 radical (unpaired) electrons. The van der Waals surface area contributed by atoms with E-state index in [0.29, 0.717) is 5.56 Å². The van der Waals surface area contributed by atoms with E-state index in [1.165, 1.54) is 0 Å². The molecule has 0 saturated heterocycles. The van der Waals surface area contributed by atoms with Gasteiger partial charge in [0.05, 0.1) is 6.61 Å².